The van der Waals surface area contributed by atoms with Crippen LogP contribution in [0.15, 0.2) is 25.0 Å². The molecule has 0 aliphatic rings. The van der Waals surface area contributed by atoms with Gasteiger partial charge in [-0.25, -0.2) is 14.8 Å². The normalized spacial score (nSPS) is 14.1. The van der Waals surface area contributed by atoms with Gasteiger partial charge < -0.3 is 48.2 Å². The number of amides is 3. The summed E-state index contributed by atoms with van der Waals surface area (Å²) in [5.74, 6) is -3.05. The van der Waals surface area contributed by atoms with Crippen LogP contribution >= 0.6 is 0 Å². The first-order valence-corrected chi connectivity index (χ1v) is 13.0. The Balaban J connectivity index is 2.15. The van der Waals surface area contributed by atoms with Crippen LogP contribution in [0.2, 0.25) is 0 Å². The van der Waals surface area contributed by atoms with E-state index >= 15 is 0 Å². The molecule has 0 aromatic carbocycles. The number of H-pyrrole nitrogens is 2. The second kappa shape index (κ2) is 16.9. The van der Waals surface area contributed by atoms with E-state index in [9.17, 15) is 24.3 Å². The van der Waals surface area contributed by atoms with Crippen molar-refractivity contribution in [2.75, 3.05) is 13.1 Å². The Morgan fingerprint density at radius 1 is 0.744 bits per heavy atom. The molecule has 2 rings (SSSR count). The molecule has 4 unspecified atom stereocenters. The van der Waals surface area contributed by atoms with Crippen LogP contribution in [0.25, 0.3) is 0 Å². The fraction of sp³-hybridized carbons (Fsp3) is 0.583. The largest absolute Gasteiger partial charge is 0.480 e. The minimum atomic E-state index is -1.27. The average molecular weight is 549 g/mol. The van der Waals surface area contributed by atoms with E-state index in [1.165, 1.54) is 25.0 Å². The number of nitrogens with one attached hydrogen (secondary N) is 5. The lowest BCUT2D eigenvalue weighted by molar-refractivity contribution is -0.142. The number of imidazole rings is 2. The standard InChI is InChI=1S/C24H40N10O5/c25-7-3-1-5-17(27)21(35)32-18(6-2-4-8-26)22(36)33-19(9-15-11-28-13-30-15)23(37)34-20(24(38)39)10-16-12-29-14-31-16/h11-14,17-20H,1-10,25-27H2,(H,28,30)(H,29,31)(H,32,35)(H,33,36)(H,34,37)(H,38,39). The van der Waals surface area contributed by atoms with Crippen molar-refractivity contribution in [2.24, 2.45) is 17.2 Å². The van der Waals surface area contributed by atoms with Gasteiger partial charge in [0.25, 0.3) is 0 Å². The summed E-state index contributed by atoms with van der Waals surface area (Å²) in [6.45, 7) is 0.904. The third kappa shape index (κ3) is 11.2. The number of carbonyl (C=O) groups is 4. The first kappa shape index (κ1) is 31.4. The number of aromatic amines is 2. The van der Waals surface area contributed by atoms with Gasteiger partial charge in [-0.15, -0.1) is 0 Å². The number of hydrogen-bond acceptors (Lipinski definition) is 9. The number of unbranched alkanes of at least 4 members (excludes halogenated alkanes) is 2. The molecule has 0 spiro atoms. The van der Waals surface area contributed by atoms with Crippen LogP contribution < -0.4 is 33.2 Å². The predicted molar refractivity (Wildman–Crippen MR) is 142 cm³/mol. The fourth-order valence-corrected chi connectivity index (χ4v) is 3.87. The maximum Gasteiger partial charge on any atom is 0.326 e. The average Bonchev–Trinajstić information content (AvgIpc) is 3.61. The van der Waals surface area contributed by atoms with Crippen LogP contribution in [-0.2, 0) is 32.0 Å². The second-order valence-corrected chi connectivity index (χ2v) is 9.26. The molecule has 216 valence electrons. The van der Waals surface area contributed by atoms with Crippen molar-refractivity contribution >= 4 is 23.7 Å². The molecule has 0 radical (unpaired) electrons. The number of aromatic nitrogens is 4. The van der Waals surface area contributed by atoms with Gasteiger partial charge >= 0.3 is 5.97 Å². The van der Waals surface area contributed by atoms with Gasteiger partial charge in [-0.05, 0) is 45.2 Å². The van der Waals surface area contributed by atoms with Crippen LogP contribution in [0.1, 0.15) is 49.9 Å². The van der Waals surface area contributed by atoms with Crippen molar-refractivity contribution < 1.29 is 24.3 Å². The fourth-order valence-electron chi connectivity index (χ4n) is 3.87. The van der Waals surface area contributed by atoms with Crippen molar-refractivity contribution in [2.45, 2.75) is 75.5 Å². The lowest BCUT2D eigenvalue weighted by Crippen LogP contribution is -2.57. The van der Waals surface area contributed by atoms with Gasteiger partial charge in [0, 0.05) is 36.6 Å². The Labute approximate surface area is 226 Å². The highest BCUT2D eigenvalue weighted by molar-refractivity contribution is 5.94. The highest BCUT2D eigenvalue weighted by Gasteiger charge is 2.31. The maximum absolute atomic E-state index is 13.3. The van der Waals surface area contributed by atoms with E-state index in [1.54, 1.807) is 0 Å². The molecule has 12 N–H and O–H groups in total. The van der Waals surface area contributed by atoms with Crippen molar-refractivity contribution in [1.82, 2.24) is 35.9 Å². The van der Waals surface area contributed by atoms with Gasteiger partial charge in [-0.1, -0.05) is 6.42 Å². The lowest BCUT2D eigenvalue weighted by Gasteiger charge is -2.25. The number of hydrogen-bond donors (Lipinski definition) is 9. The molecule has 0 bridgehead atoms. The minimum absolute atomic E-state index is 0.00996. The lowest BCUT2D eigenvalue weighted by atomic mass is 10.0. The van der Waals surface area contributed by atoms with E-state index in [0.29, 0.717) is 50.2 Å². The maximum atomic E-state index is 13.3. The summed E-state index contributed by atoms with van der Waals surface area (Å²) in [5.41, 5.74) is 18.1. The topological polar surface area (TPSA) is 260 Å². The summed E-state index contributed by atoms with van der Waals surface area (Å²) in [6.07, 6.45) is 9.03. The molecule has 0 aliphatic heterocycles. The van der Waals surface area contributed by atoms with Gasteiger partial charge in [0.2, 0.25) is 17.7 Å². The van der Waals surface area contributed by atoms with Gasteiger partial charge in [0.15, 0.2) is 0 Å². The van der Waals surface area contributed by atoms with Crippen molar-refractivity contribution in [3.05, 3.63) is 36.4 Å². The van der Waals surface area contributed by atoms with Crippen LogP contribution in [0, 0.1) is 0 Å². The van der Waals surface area contributed by atoms with E-state index in [1.807, 2.05) is 0 Å². The number of nitrogens with zero attached hydrogens (tertiary/aromatic N) is 2. The Kier molecular flexibility index (Phi) is 13.6. The van der Waals surface area contributed by atoms with Gasteiger partial charge in [0.1, 0.15) is 18.1 Å². The number of rotatable bonds is 19. The molecule has 0 saturated heterocycles. The van der Waals surface area contributed by atoms with E-state index < -0.39 is 47.9 Å². The summed E-state index contributed by atoms with van der Waals surface area (Å²) in [6, 6.07) is -4.22. The molecule has 0 fully saturated rings. The Morgan fingerprint density at radius 3 is 1.74 bits per heavy atom. The summed E-state index contributed by atoms with van der Waals surface area (Å²) >= 11 is 0. The van der Waals surface area contributed by atoms with E-state index in [2.05, 4.69) is 35.9 Å². The van der Waals surface area contributed by atoms with E-state index in [-0.39, 0.29) is 19.3 Å². The van der Waals surface area contributed by atoms with E-state index in [0.717, 1.165) is 6.42 Å². The number of aliphatic carboxylic acids is 1. The molecule has 39 heavy (non-hydrogen) atoms. The molecule has 0 aliphatic carbocycles. The smallest absolute Gasteiger partial charge is 0.326 e. The first-order chi connectivity index (χ1) is 18.7. The highest BCUT2D eigenvalue weighted by atomic mass is 16.4. The Hall–Kier alpha value is -3.82. The molecular weight excluding hydrogens is 508 g/mol. The van der Waals surface area contributed by atoms with Crippen molar-refractivity contribution in [1.29, 1.82) is 0 Å². The molecule has 0 saturated carbocycles. The van der Waals surface area contributed by atoms with Crippen LogP contribution in [0.5, 0.6) is 0 Å². The number of carboxylic acids is 1. The SMILES string of the molecule is NCCCCC(N)C(=O)NC(CCCCN)C(=O)NC(Cc1cnc[nH]1)C(=O)NC(Cc1cnc[nH]1)C(=O)O. The third-order valence-electron chi connectivity index (χ3n) is 6.09. The zero-order valence-electron chi connectivity index (χ0n) is 21.9. The Bertz CT molecular complexity index is 1010. The molecule has 15 heteroatoms. The first-order valence-electron chi connectivity index (χ1n) is 13.0. The summed E-state index contributed by atoms with van der Waals surface area (Å²) in [7, 11) is 0. The van der Waals surface area contributed by atoms with Crippen molar-refractivity contribution in [3.8, 4) is 0 Å². The Morgan fingerprint density at radius 2 is 1.23 bits per heavy atom. The van der Waals surface area contributed by atoms with Gasteiger partial charge in [0.05, 0.1) is 18.7 Å². The highest BCUT2D eigenvalue weighted by Crippen LogP contribution is 2.07. The van der Waals surface area contributed by atoms with Crippen LogP contribution in [0.3, 0.4) is 0 Å². The minimum Gasteiger partial charge on any atom is -0.480 e. The van der Waals surface area contributed by atoms with Crippen molar-refractivity contribution in [3.63, 3.8) is 0 Å². The molecule has 15 nitrogen and oxygen atoms in total. The summed E-state index contributed by atoms with van der Waals surface area (Å²) < 4.78 is 0. The number of nitrogens with two attached hydrogens (primary N) is 3. The zero-order chi connectivity index (χ0) is 28.6. The quantitative estimate of drug-likeness (QED) is 0.0875. The van der Waals surface area contributed by atoms with Crippen LogP contribution in [-0.4, -0.2) is 86.0 Å². The molecule has 2 aromatic heterocycles. The summed E-state index contributed by atoms with van der Waals surface area (Å²) in [5, 5.41) is 17.5. The second-order valence-electron chi connectivity index (χ2n) is 9.26. The zero-order valence-corrected chi connectivity index (χ0v) is 21.9. The monoisotopic (exact) mass is 548 g/mol. The van der Waals surface area contributed by atoms with Gasteiger partial charge in [-0.3, -0.25) is 14.4 Å². The molecular formula is C24H40N10O5. The molecule has 2 heterocycles. The molecule has 2 aromatic rings. The predicted octanol–water partition coefficient (Wildman–Crippen LogP) is -1.96. The van der Waals surface area contributed by atoms with E-state index in [4.69, 9.17) is 17.2 Å². The number of carboxylic acid groups (broad SMARTS) is 1. The summed E-state index contributed by atoms with van der Waals surface area (Å²) in [4.78, 5) is 64.5. The van der Waals surface area contributed by atoms with Gasteiger partial charge in [-0.2, -0.15) is 0 Å². The molecule has 3 amide bonds. The third-order valence-corrected chi connectivity index (χ3v) is 6.09. The number of carbonyl (C=O) groups excluding carboxylic acids is 3. The molecule has 4 atom stereocenters. The van der Waals surface area contributed by atoms with Crippen LogP contribution in [0.4, 0.5) is 0 Å².